The van der Waals surface area contributed by atoms with E-state index in [4.69, 9.17) is 5.11 Å². The molecule has 1 aromatic heterocycles. The summed E-state index contributed by atoms with van der Waals surface area (Å²) in [7, 11) is -0.693. The standard InChI is InChI=1S/C12H17N3O4S/c1-4-5-10(12(16)17)14-11-7-6-9(8-13-11)20(18,19)15(2)3/h4,6-8,10H,1,5H2,2-3H3,(H,13,14)(H,16,17). The fraction of sp³-hybridized carbons (Fsp3) is 0.333. The largest absolute Gasteiger partial charge is 0.480 e. The Morgan fingerprint density at radius 1 is 1.55 bits per heavy atom. The summed E-state index contributed by atoms with van der Waals surface area (Å²) in [5, 5.41) is 11.7. The summed E-state index contributed by atoms with van der Waals surface area (Å²) in [6.07, 6.45) is 2.90. The molecule has 0 bridgehead atoms. The lowest BCUT2D eigenvalue weighted by atomic mass is 10.2. The van der Waals surface area contributed by atoms with E-state index in [1.54, 1.807) is 0 Å². The highest BCUT2D eigenvalue weighted by Crippen LogP contribution is 2.14. The van der Waals surface area contributed by atoms with E-state index in [2.05, 4.69) is 16.9 Å². The molecule has 1 rings (SSSR count). The molecular weight excluding hydrogens is 282 g/mol. The summed E-state index contributed by atoms with van der Waals surface area (Å²) in [4.78, 5) is 14.9. The van der Waals surface area contributed by atoms with Gasteiger partial charge in [-0.25, -0.2) is 22.5 Å². The van der Waals surface area contributed by atoms with Crippen molar-refractivity contribution in [3.8, 4) is 0 Å². The number of carboxylic acids is 1. The molecule has 0 amide bonds. The van der Waals surface area contributed by atoms with Gasteiger partial charge in [-0.05, 0) is 18.6 Å². The Morgan fingerprint density at radius 2 is 2.20 bits per heavy atom. The number of nitrogens with zero attached hydrogens (tertiary/aromatic N) is 2. The predicted octanol–water partition coefficient (Wildman–Crippen LogP) is 0.773. The van der Waals surface area contributed by atoms with E-state index in [0.717, 1.165) is 4.31 Å². The summed E-state index contributed by atoms with van der Waals surface area (Å²) in [5.74, 6) is -0.742. The lowest BCUT2D eigenvalue weighted by Gasteiger charge is -2.14. The molecule has 1 heterocycles. The molecule has 1 aromatic rings. The second kappa shape index (κ2) is 6.49. The van der Waals surface area contributed by atoms with Crippen LogP contribution in [0.25, 0.3) is 0 Å². The van der Waals surface area contributed by atoms with Crippen LogP contribution in [-0.2, 0) is 14.8 Å². The highest BCUT2D eigenvalue weighted by molar-refractivity contribution is 7.89. The average molecular weight is 299 g/mol. The monoisotopic (exact) mass is 299 g/mol. The minimum Gasteiger partial charge on any atom is -0.480 e. The zero-order chi connectivity index (χ0) is 15.3. The molecule has 0 spiro atoms. The number of hydrogen-bond donors (Lipinski definition) is 2. The second-order valence-electron chi connectivity index (χ2n) is 4.23. The highest BCUT2D eigenvalue weighted by Gasteiger charge is 2.19. The van der Waals surface area contributed by atoms with E-state index < -0.39 is 22.0 Å². The number of hydrogen-bond acceptors (Lipinski definition) is 5. The van der Waals surface area contributed by atoms with Crippen molar-refractivity contribution in [3.63, 3.8) is 0 Å². The molecule has 0 saturated heterocycles. The van der Waals surface area contributed by atoms with Crippen LogP contribution in [0, 0.1) is 0 Å². The number of nitrogens with one attached hydrogen (secondary N) is 1. The number of sulfonamides is 1. The van der Waals surface area contributed by atoms with E-state index in [9.17, 15) is 13.2 Å². The minimum absolute atomic E-state index is 0.0450. The van der Waals surface area contributed by atoms with Gasteiger partial charge in [-0.3, -0.25) is 0 Å². The van der Waals surface area contributed by atoms with Crippen molar-refractivity contribution in [2.45, 2.75) is 17.4 Å². The first kappa shape index (κ1) is 16.1. The molecule has 7 nitrogen and oxygen atoms in total. The maximum absolute atomic E-state index is 11.8. The summed E-state index contributed by atoms with van der Waals surface area (Å²) in [6.45, 7) is 3.48. The van der Waals surface area contributed by atoms with Crippen LogP contribution in [0.4, 0.5) is 5.82 Å². The Hall–Kier alpha value is -1.93. The first-order chi connectivity index (χ1) is 9.28. The molecule has 0 aliphatic carbocycles. The van der Waals surface area contributed by atoms with Gasteiger partial charge in [0.2, 0.25) is 10.0 Å². The number of rotatable bonds is 7. The van der Waals surface area contributed by atoms with E-state index in [-0.39, 0.29) is 17.1 Å². The maximum atomic E-state index is 11.8. The van der Waals surface area contributed by atoms with Crippen molar-refractivity contribution in [2.24, 2.45) is 0 Å². The van der Waals surface area contributed by atoms with E-state index >= 15 is 0 Å². The second-order valence-corrected chi connectivity index (χ2v) is 6.38. The quantitative estimate of drug-likeness (QED) is 0.722. The van der Waals surface area contributed by atoms with Crippen LogP contribution in [0.5, 0.6) is 0 Å². The van der Waals surface area contributed by atoms with Gasteiger partial charge in [0.25, 0.3) is 0 Å². The third kappa shape index (κ3) is 3.78. The van der Waals surface area contributed by atoms with Crippen LogP contribution in [0.1, 0.15) is 6.42 Å². The van der Waals surface area contributed by atoms with Crippen LogP contribution in [0.3, 0.4) is 0 Å². The average Bonchev–Trinajstić information content (AvgIpc) is 2.38. The Kier molecular flexibility index (Phi) is 5.23. The van der Waals surface area contributed by atoms with Gasteiger partial charge >= 0.3 is 5.97 Å². The van der Waals surface area contributed by atoms with Crippen molar-refractivity contribution in [1.82, 2.24) is 9.29 Å². The molecule has 0 radical (unpaired) electrons. The zero-order valence-corrected chi connectivity index (χ0v) is 12.1. The molecule has 0 aliphatic heterocycles. The van der Waals surface area contributed by atoms with Gasteiger partial charge in [0.1, 0.15) is 16.8 Å². The molecular formula is C12H17N3O4S. The minimum atomic E-state index is -3.54. The molecule has 0 aliphatic rings. The smallest absolute Gasteiger partial charge is 0.326 e. The molecule has 1 unspecified atom stereocenters. The molecule has 2 N–H and O–H groups in total. The summed E-state index contributed by atoms with van der Waals surface area (Å²) >= 11 is 0. The lowest BCUT2D eigenvalue weighted by molar-refractivity contribution is -0.137. The van der Waals surface area contributed by atoms with Gasteiger partial charge < -0.3 is 10.4 Å². The Morgan fingerprint density at radius 3 is 2.60 bits per heavy atom. The van der Waals surface area contributed by atoms with Gasteiger partial charge in [0.15, 0.2) is 0 Å². The van der Waals surface area contributed by atoms with Crippen molar-refractivity contribution >= 4 is 21.8 Å². The van der Waals surface area contributed by atoms with Crippen molar-refractivity contribution in [3.05, 3.63) is 31.0 Å². The van der Waals surface area contributed by atoms with Gasteiger partial charge in [-0.2, -0.15) is 0 Å². The van der Waals surface area contributed by atoms with Crippen LogP contribution >= 0.6 is 0 Å². The molecule has 0 saturated carbocycles. The van der Waals surface area contributed by atoms with Crippen LogP contribution in [0.2, 0.25) is 0 Å². The Labute approximate surface area is 118 Å². The lowest BCUT2D eigenvalue weighted by Crippen LogP contribution is -2.29. The molecule has 0 aromatic carbocycles. The maximum Gasteiger partial charge on any atom is 0.326 e. The molecule has 110 valence electrons. The number of pyridine rings is 1. The van der Waals surface area contributed by atoms with Crippen molar-refractivity contribution < 1.29 is 18.3 Å². The topological polar surface area (TPSA) is 99.6 Å². The number of aliphatic carboxylic acids is 1. The third-order valence-corrected chi connectivity index (χ3v) is 4.34. The molecule has 8 heteroatoms. The van der Waals surface area contributed by atoms with Crippen molar-refractivity contribution in [2.75, 3.05) is 19.4 Å². The first-order valence-electron chi connectivity index (χ1n) is 5.78. The molecule has 0 fully saturated rings. The van der Waals surface area contributed by atoms with Gasteiger partial charge in [0.05, 0.1) is 0 Å². The van der Waals surface area contributed by atoms with E-state index in [1.807, 2.05) is 0 Å². The first-order valence-corrected chi connectivity index (χ1v) is 7.22. The third-order valence-electron chi connectivity index (χ3n) is 2.54. The van der Waals surface area contributed by atoms with Crippen LogP contribution < -0.4 is 5.32 Å². The summed E-state index contributed by atoms with van der Waals surface area (Å²) in [6, 6.07) is 1.95. The Balaban J connectivity index is 2.92. The molecule has 20 heavy (non-hydrogen) atoms. The highest BCUT2D eigenvalue weighted by atomic mass is 32.2. The number of anilines is 1. The van der Waals surface area contributed by atoms with E-state index in [1.165, 1.54) is 38.5 Å². The van der Waals surface area contributed by atoms with Gasteiger partial charge in [-0.1, -0.05) is 6.08 Å². The fourth-order valence-electron chi connectivity index (χ4n) is 1.40. The van der Waals surface area contributed by atoms with Gasteiger partial charge in [0, 0.05) is 20.3 Å². The van der Waals surface area contributed by atoms with E-state index in [0.29, 0.717) is 0 Å². The Bertz CT molecular complexity index is 581. The summed E-state index contributed by atoms with van der Waals surface area (Å²) < 4.78 is 24.7. The normalized spacial score (nSPS) is 12.9. The van der Waals surface area contributed by atoms with Gasteiger partial charge in [-0.15, -0.1) is 6.58 Å². The van der Waals surface area contributed by atoms with Crippen LogP contribution in [0.15, 0.2) is 35.9 Å². The number of carbonyl (C=O) groups is 1. The fourth-order valence-corrected chi connectivity index (χ4v) is 2.24. The SMILES string of the molecule is C=CCC(Nc1ccc(S(=O)(=O)N(C)C)cn1)C(=O)O. The predicted molar refractivity (Wildman–Crippen MR) is 75.0 cm³/mol. The van der Waals surface area contributed by atoms with Crippen molar-refractivity contribution in [1.29, 1.82) is 0 Å². The number of aromatic nitrogens is 1. The number of carboxylic acid groups (broad SMARTS) is 1. The molecule has 1 atom stereocenters. The summed E-state index contributed by atoms with van der Waals surface area (Å²) in [5.41, 5.74) is 0. The van der Waals surface area contributed by atoms with Crippen LogP contribution in [-0.4, -0.2) is 48.9 Å². The zero-order valence-electron chi connectivity index (χ0n) is 11.3.